The van der Waals surface area contributed by atoms with Gasteiger partial charge in [-0.05, 0) is 57.4 Å². The third-order valence-electron chi connectivity index (χ3n) is 7.87. The number of hydrogen-bond acceptors (Lipinski definition) is 8. The van der Waals surface area contributed by atoms with Gasteiger partial charge in [-0.15, -0.1) is 0 Å². The van der Waals surface area contributed by atoms with E-state index in [4.69, 9.17) is 0 Å². The van der Waals surface area contributed by atoms with Gasteiger partial charge >= 0.3 is 11.9 Å². The van der Waals surface area contributed by atoms with E-state index in [0.717, 1.165) is 31.5 Å². The first-order valence-electron chi connectivity index (χ1n) is 15.9. The second-order valence-electron chi connectivity index (χ2n) is 11.7. The van der Waals surface area contributed by atoms with Gasteiger partial charge in [0.05, 0.1) is 24.6 Å². The van der Waals surface area contributed by atoms with Gasteiger partial charge in [0.15, 0.2) is 0 Å². The standard InChI is InChI=1S/C28H23F3N4O3.C8H13FO4/c1-28(31,26(37)32-15-16-12-19(29)14-20(30)13-16)27(38)34-24-25(36)35-11-10-18-8-5-9-21(23(18)35)22(33-24)17-6-3-2-4-7-17;1-4-12-6(10)8(3,9)7(11)13-5-2/h2-9,12-14,24H,10-11,15H2,1H3,(H,32,37)(H,34,38);4-5H2,1-3H3. The number of halogens is 4. The lowest BCUT2D eigenvalue weighted by molar-refractivity contribution is -0.172. The molecule has 3 aromatic rings. The normalized spacial score (nSPS) is 15.9. The topological polar surface area (TPSA) is 143 Å². The zero-order valence-corrected chi connectivity index (χ0v) is 28.2. The minimum Gasteiger partial charge on any atom is -0.463 e. The Kier molecular flexibility index (Phi) is 12.0. The summed E-state index contributed by atoms with van der Waals surface area (Å²) in [5, 5.41) is 4.47. The highest BCUT2D eigenvalue weighted by Gasteiger charge is 2.46. The molecule has 0 spiro atoms. The van der Waals surface area contributed by atoms with Crippen LogP contribution in [0.2, 0.25) is 0 Å². The number of benzene rings is 3. The summed E-state index contributed by atoms with van der Waals surface area (Å²) in [6, 6.07) is 17.3. The highest BCUT2D eigenvalue weighted by Crippen LogP contribution is 2.36. The van der Waals surface area contributed by atoms with Gasteiger partial charge in [0.1, 0.15) is 11.6 Å². The Morgan fingerprint density at radius 2 is 1.47 bits per heavy atom. The zero-order valence-electron chi connectivity index (χ0n) is 28.2. The molecule has 0 fully saturated rings. The lowest BCUT2D eigenvalue weighted by atomic mass is 9.98. The Morgan fingerprint density at radius 1 is 0.863 bits per heavy atom. The molecule has 0 bridgehead atoms. The van der Waals surface area contributed by atoms with Crippen LogP contribution in [0, 0.1) is 11.6 Å². The monoisotopic (exact) mass is 712 g/mol. The molecule has 2 heterocycles. The molecule has 2 N–H and O–H groups in total. The fourth-order valence-electron chi connectivity index (χ4n) is 5.23. The number of ether oxygens (including phenoxy) is 2. The second-order valence-corrected chi connectivity index (χ2v) is 11.7. The van der Waals surface area contributed by atoms with Gasteiger partial charge in [0.25, 0.3) is 29.1 Å². The average Bonchev–Trinajstić information content (AvgIpc) is 3.49. The van der Waals surface area contributed by atoms with Crippen molar-refractivity contribution in [1.82, 2.24) is 10.6 Å². The van der Waals surface area contributed by atoms with E-state index >= 15 is 4.39 Å². The molecule has 0 saturated carbocycles. The third kappa shape index (κ3) is 8.59. The van der Waals surface area contributed by atoms with E-state index in [0.29, 0.717) is 41.6 Å². The van der Waals surface area contributed by atoms with Crippen molar-refractivity contribution in [2.45, 2.75) is 58.2 Å². The van der Waals surface area contributed by atoms with Crippen molar-refractivity contribution >= 4 is 41.1 Å². The molecule has 0 aromatic heterocycles. The molecule has 5 rings (SSSR count). The van der Waals surface area contributed by atoms with Crippen LogP contribution in [0.5, 0.6) is 0 Å². The number of alkyl halides is 2. The molecule has 11 nitrogen and oxygen atoms in total. The number of rotatable bonds is 10. The molecule has 0 saturated heterocycles. The average molecular weight is 713 g/mol. The van der Waals surface area contributed by atoms with Crippen LogP contribution in [-0.2, 0) is 46.4 Å². The van der Waals surface area contributed by atoms with Gasteiger partial charge in [-0.3, -0.25) is 14.4 Å². The third-order valence-corrected chi connectivity index (χ3v) is 7.87. The SMILES string of the molecule is CC(F)(C(=O)NCc1cc(F)cc(F)c1)C(=O)NC1N=C(c2ccccc2)c2cccc3c2N(CC3)C1=O.CCOC(=O)C(C)(F)C(=O)OCC. The van der Waals surface area contributed by atoms with Crippen LogP contribution in [0.3, 0.4) is 0 Å². The number of carbonyl (C=O) groups excluding carboxylic acids is 5. The maximum absolute atomic E-state index is 15.4. The van der Waals surface area contributed by atoms with Gasteiger partial charge in [0, 0.05) is 30.3 Å². The van der Waals surface area contributed by atoms with Crippen LogP contribution in [0.4, 0.5) is 23.2 Å². The van der Waals surface area contributed by atoms with E-state index in [2.05, 4.69) is 25.1 Å². The van der Waals surface area contributed by atoms with Crippen LogP contribution >= 0.6 is 0 Å². The molecule has 2 unspecified atom stereocenters. The lowest BCUT2D eigenvalue weighted by Crippen LogP contribution is -2.56. The number of aliphatic imine (C=N–C) groups is 1. The van der Waals surface area contributed by atoms with E-state index in [1.165, 1.54) is 18.7 Å². The summed E-state index contributed by atoms with van der Waals surface area (Å²) >= 11 is 0. The highest BCUT2D eigenvalue weighted by atomic mass is 19.2. The van der Waals surface area contributed by atoms with Crippen molar-refractivity contribution in [3.63, 3.8) is 0 Å². The van der Waals surface area contributed by atoms with E-state index in [1.54, 1.807) is 0 Å². The predicted molar refractivity (Wildman–Crippen MR) is 177 cm³/mol. The van der Waals surface area contributed by atoms with Crippen LogP contribution in [-0.4, -0.2) is 72.6 Å². The van der Waals surface area contributed by atoms with Gasteiger partial charge in [0.2, 0.25) is 6.17 Å². The van der Waals surface area contributed by atoms with Crippen molar-refractivity contribution in [2.75, 3.05) is 24.7 Å². The minimum atomic E-state index is -3.11. The Balaban J connectivity index is 0.000000383. The molecule has 2 aliphatic rings. The first-order chi connectivity index (χ1) is 24.1. The zero-order chi connectivity index (χ0) is 37.5. The Morgan fingerprint density at radius 3 is 2.06 bits per heavy atom. The number of carbonyl (C=O) groups is 5. The number of anilines is 1. The smallest absolute Gasteiger partial charge is 0.355 e. The predicted octanol–water partition coefficient (Wildman–Crippen LogP) is 4.03. The second kappa shape index (κ2) is 16.0. The first kappa shape index (κ1) is 38.2. The van der Waals surface area contributed by atoms with Crippen LogP contribution in [0.1, 0.15) is 49.9 Å². The number of nitrogens with zero attached hydrogens (tertiary/aromatic N) is 2. The summed E-state index contributed by atoms with van der Waals surface area (Å²) in [5.41, 5.74) is -2.26. The highest BCUT2D eigenvalue weighted by molar-refractivity contribution is 6.21. The minimum absolute atomic E-state index is 0.0255. The molecule has 2 aliphatic heterocycles. The molecule has 0 radical (unpaired) electrons. The first-order valence-corrected chi connectivity index (χ1v) is 15.9. The van der Waals surface area contributed by atoms with Gasteiger partial charge in [-0.25, -0.2) is 32.1 Å². The number of nitrogens with one attached hydrogen (secondary N) is 2. The molecule has 3 amide bonds. The number of hydrogen-bond donors (Lipinski definition) is 2. The molecule has 2 atom stereocenters. The van der Waals surface area contributed by atoms with Crippen molar-refractivity contribution in [2.24, 2.45) is 4.99 Å². The van der Waals surface area contributed by atoms with Crippen molar-refractivity contribution in [1.29, 1.82) is 0 Å². The number of para-hydroxylation sites is 1. The maximum atomic E-state index is 15.4. The number of esters is 2. The summed E-state index contributed by atoms with van der Waals surface area (Å²) in [7, 11) is 0. The Hall–Kier alpha value is -5.60. The van der Waals surface area contributed by atoms with Crippen LogP contribution < -0.4 is 15.5 Å². The molecule has 15 heteroatoms. The van der Waals surface area contributed by atoms with Crippen molar-refractivity contribution in [3.05, 3.63) is 101 Å². The number of amides is 3. The fraction of sp³-hybridized carbons (Fsp3) is 0.333. The Bertz CT molecular complexity index is 1810. The molecule has 3 aromatic carbocycles. The van der Waals surface area contributed by atoms with Crippen LogP contribution in [0.25, 0.3) is 0 Å². The van der Waals surface area contributed by atoms with E-state index < -0.39 is 65.3 Å². The van der Waals surface area contributed by atoms with E-state index in [1.807, 2.05) is 48.5 Å². The summed E-state index contributed by atoms with van der Waals surface area (Å²) < 4.78 is 64.3. The molecule has 51 heavy (non-hydrogen) atoms. The summed E-state index contributed by atoms with van der Waals surface area (Å²) in [6.45, 7) is 4.63. The molecular formula is C36H36F4N4O7. The van der Waals surface area contributed by atoms with Crippen molar-refractivity contribution < 1.29 is 51.0 Å². The fourth-order valence-corrected chi connectivity index (χ4v) is 5.23. The summed E-state index contributed by atoms with van der Waals surface area (Å²) in [4.78, 5) is 66.8. The Labute approximate surface area is 291 Å². The maximum Gasteiger partial charge on any atom is 0.355 e. The quantitative estimate of drug-likeness (QED) is 0.184. The van der Waals surface area contributed by atoms with Gasteiger partial charge < -0.3 is 25.0 Å². The van der Waals surface area contributed by atoms with Gasteiger partial charge in [-0.2, -0.15) is 0 Å². The molecular weight excluding hydrogens is 676 g/mol. The molecule has 270 valence electrons. The summed E-state index contributed by atoms with van der Waals surface area (Å²) in [6.07, 6.45) is -0.877. The van der Waals surface area contributed by atoms with Gasteiger partial charge in [-0.1, -0.05) is 48.5 Å². The van der Waals surface area contributed by atoms with E-state index in [-0.39, 0.29) is 18.8 Å². The van der Waals surface area contributed by atoms with E-state index in [9.17, 15) is 37.1 Å². The lowest BCUT2D eigenvalue weighted by Gasteiger charge is -2.24. The molecule has 0 aliphatic carbocycles. The van der Waals surface area contributed by atoms with Crippen molar-refractivity contribution in [3.8, 4) is 0 Å². The summed E-state index contributed by atoms with van der Waals surface area (Å²) in [5.74, 6) is -7.41. The largest absolute Gasteiger partial charge is 0.463 e. The van der Waals surface area contributed by atoms with Crippen LogP contribution in [0.15, 0.2) is 71.7 Å².